The van der Waals surface area contributed by atoms with Crippen molar-refractivity contribution in [3.8, 4) is 11.5 Å². The topological polar surface area (TPSA) is 106 Å². The minimum atomic E-state index is -0.578. The average molecular weight is 398 g/mol. The zero-order chi connectivity index (χ0) is 21.2. The summed E-state index contributed by atoms with van der Waals surface area (Å²) in [5.74, 6) is -0.0689. The van der Waals surface area contributed by atoms with Crippen molar-refractivity contribution in [2.75, 3.05) is 31.7 Å². The highest BCUT2D eigenvalue weighted by Crippen LogP contribution is 2.27. The van der Waals surface area contributed by atoms with Crippen molar-refractivity contribution in [3.05, 3.63) is 53.6 Å². The van der Waals surface area contributed by atoms with Gasteiger partial charge in [0.05, 0.1) is 13.3 Å². The van der Waals surface area contributed by atoms with Gasteiger partial charge in [-0.25, -0.2) is 5.43 Å². The van der Waals surface area contributed by atoms with Crippen LogP contribution in [0.15, 0.2) is 47.6 Å². The number of hydrogen-bond donors (Lipinski definition) is 2. The molecule has 0 fully saturated rings. The number of hydrogen-bond acceptors (Lipinski definition) is 6. The number of carbonyl (C=O) groups excluding carboxylic acids is 2. The lowest BCUT2D eigenvalue weighted by Gasteiger charge is -2.20. The first-order valence-electron chi connectivity index (χ1n) is 9.26. The minimum absolute atomic E-state index is 0.243. The maximum Gasteiger partial charge on any atom is 0.271 e. The Balaban J connectivity index is 1.99. The molecular formula is C21H26N4O4. The number of nitrogens with zero attached hydrogens (tertiary/aromatic N) is 2. The first-order chi connectivity index (χ1) is 14.0. The van der Waals surface area contributed by atoms with Gasteiger partial charge in [0.25, 0.3) is 11.8 Å². The molecular weight excluding hydrogens is 372 g/mol. The zero-order valence-electron chi connectivity index (χ0n) is 16.8. The van der Waals surface area contributed by atoms with E-state index in [0.717, 1.165) is 18.8 Å². The predicted octanol–water partition coefficient (Wildman–Crippen LogP) is 2.17. The van der Waals surface area contributed by atoms with Crippen LogP contribution in [0.5, 0.6) is 11.5 Å². The molecule has 0 aliphatic rings. The van der Waals surface area contributed by atoms with E-state index >= 15 is 0 Å². The molecule has 8 nitrogen and oxygen atoms in total. The molecule has 0 heterocycles. The number of ether oxygens (including phenoxy) is 2. The Hall–Kier alpha value is -3.55. The summed E-state index contributed by atoms with van der Waals surface area (Å²) < 4.78 is 10.5. The molecule has 0 radical (unpaired) electrons. The number of anilines is 1. The summed E-state index contributed by atoms with van der Waals surface area (Å²) in [6.45, 7) is 5.74. The van der Waals surface area contributed by atoms with Gasteiger partial charge in [0.15, 0.2) is 18.1 Å². The third-order valence-electron chi connectivity index (χ3n) is 4.20. The van der Waals surface area contributed by atoms with Gasteiger partial charge in [0.1, 0.15) is 0 Å². The highest BCUT2D eigenvalue weighted by atomic mass is 16.5. The summed E-state index contributed by atoms with van der Waals surface area (Å²) in [5.41, 5.74) is 9.85. The number of methoxy groups -OCH3 is 1. The molecule has 0 aliphatic carbocycles. The van der Waals surface area contributed by atoms with Gasteiger partial charge in [0, 0.05) is 24.3 Å². The molecule has 0 atom stereocenters. The number of primary amides is 1. The molecule has 8 heteroatoms. The zero-order valence-corrected chi connectivity index (χ0v) is 16.8. The van der Waals surface area contributed by atoms with Crippen molar-refractivity contribution in [2.24, 2.45) is 10.8 Å². The summed E-state index contributed by atoms with van der Waals surface area (Å²) in [4.78, 5) is 25.3. The van der Waals surface area contributed by atoms with Crippen LogP contribution in [-0.2, 0) is 4.79 Å². The van der Waals surface area contributed by atoms with Crippen molar-refractivity contribution in [1.29, 1.82) is 0 Å². The monoisotopic (exact) mass is 398 g/mol. The van der Waals surface area contributed by atoms with Crippen molar-refractivity contribution in [3.63, 3.8) is 0 Å². The second kappa shape index (κ2) is 10.7. The Morgan fingerprint density at radius 3 is 2.38 bits per heavy atom. The third-order valence-corrected chi connectivity index (χ3v) is 4.20. The largest absolute Gasteiger partial charge is 0.493 e. The molecule has 3 N–H and O–H groups in total. The lowest BCUT2D eigenvalue weighted by atomic mass is 10.2. The second-order valence-electron chi connectivity index (χ2n) is 6.08. The first-order valence-corrected chi connectivity index (χ1v) is 9.26. The molecule has 0 unspecified atom stereocenters. The summed E-state index contributed by atoms with van der Waals surface area (Å²) >= 11 is 0. The van der Waals surface area contributed by atoms with Gasteiger partial charge in [0.2, 0.25) is 0 Å². The Morgan fingerprint density at radius 1 is 1.10 bits per heavy atom. The molecule has 0 aliphatic heterocycles. The van der Waals surface area contributed by atoms with E-state index in [1.807, 2.05) is 12.1 Å². The van der Waals surface area contributed by atoms with E-state index in [-0.39, 0.29) is 12.5 Å². The third kappa shape index (κ3) is 6.24. The quantitative estimate of drug-likeness (QED) is 0.471. The van der Waals surface area contributed by atoms with Gasteiger partial charge >= 0.3 is 0 Å². The molecule has 2 aromatic rings. The number of rotatable bonds is 10. The first kappa shape index (κ1) is 21.7. The molecule has 2 rings (SSSR count). The van der Waals surface area contributed by atoms with E-state index in [2.05, 4.69) is 29.3 Å². The SMILES string of the molecule is CCN(CC)c1ccc(C(=O)N/N=C\c2ccc(OCC(N)=O)c(OC)c2)cc1. The highest BCUT2D eigenvalue weighted by Gasteiger charge is 2.08. The van der Waals surface area contributed by atoms with E-state index < -0.39 is 5.91 Å². The number of hydrazone groups is 1. The molecule has 0 aromatic heterocycles. The van der Waals surface area contributed by atoms with Gasteiger partial charge in [-0.1, -0.05) is 0 Å². The molecule has 29 heavy (non-hydrogen) atoms. The van der Waals surface area contributed by atoms with Crippen LogP contribution in [0, 0.1) is 0 Å². The smallest absolute Gasteiger partial charge is 0.271 e. The van der Waals surface area contributed by atoms with E-state index in [1.165, 1.54) is 13.3 Å². The summed E-state index contributed by atoms with van der Waals surface area (Å²) in [6.07, 6.45) is 1.49. The fourth-order valence-corrected chi connectivity index (χ4v) is 2.67. The number of nitrogens with two attached hydrogens (primary N) is 1. The molecule has 0 saturated carbocycles. The fraction of sp³-hybridized carbons (Fsp3) is 0.286. The fourth-order valence-electron chi connectivity index (χ4n) is 2.67. The van der Waals surface area contributed by atoms with E-state index in [1.54, 1.807) is 30.3 Å². The molecule has 2 amide bonds. The Kier molecular flexibility index (Phi) is 8.02. The van der Waals surface area contributed by atoms with Crippen LogP contribution < -0.4 is 25.5 Å². The van der Waals surface area contributed by atoms with Crippen molar-refractivity contribution in [2.45, 2.75) is 13.8 Å². The number of benzene rings is 2. The lowest BCUT2D eigenvalue weighted by molar-refractivity contribution is -0.119. The Morgan fingerprint density at radius 2 is 1.79 bits per heavy atom. The van der Waals surface area contributed by atoms with E-state index in [4.69, 9.17) is 15.2 Å². The molecule has 0 bridgehead atoms. The maximum absolute atomic E-state index is 12.3. The van der Waals surface area contributed by atoms with Crippen LogP contribution in [0.3, 0.4) is 0 Å². The van der Waals surface area contributed by atoms with Crippen LogP contribution in [0.25, 0.3) is 0 Å². The summed E-state index contributed by atoms with van der Waals surface area (Å²) in [7, 11) is 1.48. The van der Waals surface area contributed by atoms with Crippen molar-refractivity contribution >= 4 is 23.7 Å². The van der Waals surface area contributed by atoms with Gasteiger partial charge in [-0.3, -0.25) is 9.59 Å². The van der Waals surface area contributed by atoms with Gasteiger partial charge in [-0.15, -0.1) is 0 Å². The van der Waals surface area contributed by atoms with Crippen LogP contribution >= 0.6 is 0 Å². The molecule has 0 saturated heterocycles. The van der Waals surface area contributed by atoms with E-state index in [9.17, 15) is 9.59 Å². The van der Waals surface area contributed by atoms with Gasteiger partial charge in [-0.2, -0.15) is 5.10 Å². The lowest BCUT2D eigenvalue weighted by Crippen LogP contribution is -2.22. The Bertz CT molecular complexity index is 861. The van der Waals surface area contributed by atoms with Gasteiger partial charge < -0.3 is 20.1 Å². The maximum atomic E-state index is 12.3. The van der Waals surface area contributed by atoms with Crippen LogP contribution in [0.4, 0.5) is 5.69 Å². The Labute approximate surface area is 170 Å². The normalized spacial score (nSPS) is 10.6. The van der Waals surface area contributed by atoms with Crippen molar-refractivity contribution < 1.29 is 19.1 Å². The average Bonchev–Trinajstić information content (AvgIpc) is 2.73. The summed E-state index contributed by atoms with van der Waals surface area (Å²) in [6, 6.07) is 12.4. The second-order valence-corrected chi connectivity index (χ2v) is 6.08. The van der Waals surface area contributed by atoms with Crippen LogP contribution in [0.1, 0.15) is 29.8 Å². The van der Waals surface area contributed by atoms with Crippen molar-refractivity contribution in [1.82, 2.24) is 5.43 Å². The van der Waals surface area contributed by atoms with Gasteiger partial charge in [-0.05, 0) is 61.9 Å². The van der Waals surface area contributed by atoms with Crippen LogP contribution in [0.2, 0.25) is 0 Å². The summed E-state index contributed by atoms with van der Waals surface area (Å²) in [5, 5.41) is 3.98. The number of nitrogens with one attached hydrogen (secondary N) is 1. The molecule has 154 valence electrons. The number of carbonyl (C=O) groups is 2. The van der Waals surface area contributed by atoms with E-state index in [0.29, 0.717) is 22.6 Å². The van der Waals surface area contributed by atoms with Crippen LogP contribution in [-0.4, -0.2) is 44.8 Å². The predicted molar refractivity (Wildman–Crippen MR) is 113 cm³/mol. The number of amides is 2. The highest BCUT2D eigenvalue weighted by molar-refractivity contribution is 5.95. The molecule has 0 spiro atoms. The standard InChI is InChI=1S/C21H26N4O4/c1-4-25(5-2)17-9-7-16(8-10-17)21(27)24-23-13-15-6-11-18(19(12-15)28-3)29-14-20(22)26/h6-13H,4-5,14H2,1-3H3,(H2,22,26)(H,24,27)/b23-13-. The minimum Gasteiger partial charge on any atom is -0.493 e. The molecule has 2 aromatic carbocycles.